The monoisotopic (exact) mass is 252 g/mol. The lowest BCUT2D eigenvalue weighted by Crippen LogP contribution is -1.95. The molecule has 0 aliphatic carbocycles. The van der Waals surface area contributed by atoms with Crippen molar-refractivity contribution in [1.29, 1.82) is 0 Å². The van der Waals surface area contributed by atoms with Crippen LogP contribution in [0.5, 0.6) is 0 Å². The van der Waals surface area contributed by atoms with Crippen molar-refractivity contribution < 1.29 is 8.42 Å². The van der Waals surface area contributed by atoms with Gasteiger partial charge in [-0.3, -0.25) is 0 Å². The zero-order chi connectivity index (χ0) is 10.9. The third-order valence-corrected chi connectivity index (χ3v) is 3.69. The average molecular weight is 253 g/mol. The van der Waals surface area contributed by atoms with Gasteiger partial charge in [0.1, 0.15) is 4.90 Å². The maximum absolute atomic E-state index is 11.1. The van der Waals surface area contributed by atoms with Crippen molar-refractivity contribution in [2.45, 2.75) is 24.7 Å². The molecule has 0 fully saturated rings. The van der Waals surface area contributed by atoms with E-state index in [0.717, 1.165) is 5.56 Å². The molecule has 0 heterocycles. The highest BCUT2D eigenvalue weighted by Crippen LogP contribution is 2.28. The average Bonchev–Trinajstić information content (AvgIpc) is 2.02. The minimum absolute atomic E-state index is 0.0213. The minimum Gasteiger partial charge on any atom is -0.207 e. The van der Waals surface area contributed by atoms with E-state index in [0.29, 0.717) is 0 Å². The fraction of sp³-hybridized carbons (Fsp3) is 0.333. The van der Waals surface area contributed by atoms with Crippen LogP contribution in [0.2, 0.25) is 5.02 Å². The molecule has 1 rings (SSSR count). The van der Waals surface area contributed by atoms with Crippen LogP contribution in [0, 0.1) is 0 Å². The Hall–Kier alpha value is -0.250. The summed E-state index contributed by atoms with van der Waals surface area (Å²) >= 11 is 5.72. The first kappa shape index (κ1) is 11.8. The molecule has 0 amide bonds. The summed E-state index contributed by atoms with van der Waals surface area (Å²) < 4.78 is 22.2. The molecule has 1 aromatic rings. The molecule has 0 saturated carbocycles. The molecule has 2 nitrogen and oxygen atoms in total. The van der Waals surface area contributed by atoms with E-state index in [-0.39, 0.29) is 15.8 Å². The summed E-state index contributed by atoms with van der Waals surface area (Å²) in [4.78, 5) is -0.0213. The van der Waals surface area contributed by atoms with Gasteiger partial charge in [0.05, 0.1) is 5.02 Å². The van der Waals surface area contributed by atoms with E-state index >= 15 is 0 Å². The minimum atomic E-state index is -3.75. The Labute approximate surface area is 93.3 Å². The van der Waals surface area contributed by atoms with Gasteiger partial charge in [-0.1, -0.05) is 31.5 Å². The van der Waals surface area contributed by atoms with Crippen molar-refractivity contribution in [3.63, 3.8) is 0 Å². The molecule has 0 bridgehead atoms. The molecule has 0 radical (unpaired) electrons. The summed E-state index contributed by atoms with van der Waals surface area (Å²) in [5, 5.41) is 0.157. The van der Waals surface area contributed by atoms with E-state index in [9.17, 15) is 8.42 Å². The third-order valence-electron chi connectivity index (χ3n) is 1.88. The van der Waals surface area contributed by atoms with Crippen LogP contribution in [0.4, 0.5) is 0 Å². The Morgan fingerprint density at radius 3 is 2.29 bits per heavy atom. The summed E-state index contributed by atoms with van der Waals surface area (Å²) in [6.07, 6.45) is 0. The van der Waals surface area contributed by atoms with Crippen molar-refractivity contribution in [2.24, 2.45) is 0 Å². The van der Waals surface area contributed by atoms with Crippen LogP contribution in [0.25, 0.3) is 0 Å². The first-order valence-corrected chi connectivity index (χ1v) is 6.75. The maximum Gasteiger partial charge on any atom is 0.262 e. The Morgan fingerprint density at radius 2 is 1.86 bits per heavy atom. The fourth-order valence-electron chi connectivity index (χ4n) is 1.07. The smallest absolute Gasteiger partial charge is 0.207 e. The summed E-state index contributed by atoms with van der Waals surface area (Å²) in [5.74, 6) is 0.240. The van der Waals surface area contributed by atoms with Crippen molar-refractivity contribution in [2.75, 3.05) is 0 Å². The van der Waals surface area contributed by atoms with Gasteiger partial charge in [0.2, 0.25) is 0 Å². The molecule has 0 spiro atoms. The van der Waals surface area contributed by atoms with Crippen LogP contribution < -0.4 is 0 Å². The van der Waals surface area contributed by atoms with Crippen LogP contribution in [-0.2, 0) is 9.05 Å². The number of hydrogen-bond acceptors (Lipinski definition) is 2. The molecule has 0 aliphatic heterocycles. The largest absolute Gasteiger partial charge is 0.262 e. The second-order valence-electron chi connectivity index (χ2n) is 3.28. The second-order valence-corrected chi connectivity index (χ2v) is 6.22. The van der Waals surface area contributed by atoms with E-state index in [4.69, 9.17) is 22.3 Å². The molecule has 0 aromatic heterocycles. The van der Waals surface area contributed by atoms with E-state index in [1.54, 1.807) is 12.1 Å². The van der Waals surface area contributed by atoms with Crippen LogP contribution >= 0.6 is 22.3 Å². The lowest BCUT2D eigenvalue weighted by Gasteiger charge is -2.07. The van der Waals surface area contributed by atoms with Crippen LogP contribution in [0.15, 0.2) is 23.1 Å². The Bertz CT molecular complexity index is 438. The van der Waals surface area contributed by atoms with Gasteiger partial charge in [-0.25, -0.2) is 8.42 Å². The predicted octanol–water partition coefficient (Wildman–Crippen LogP) is 3.39. The molecule has 0 unspecified atom stereocenters. The number of hydrogen-bond donors (Lipinski definition) is 0. The standard InChI is InChI=1S/C9H10Cl2O2S/c1-6(2)7-3-4-8(10)9(5-7)14(11,12)13/h3-6H,1-2H3. The third kappa shape index (κ3) is 2.62. The van der Waals surface area contributed by atoms with Gasteiger partial charge in [-0.2, -0.15) is 0 Å². The van der Waals surface area contributed by atoms with E-state index in [1.807, 2.05) is 13.8 Å². The SMILES string of the molecule is CC(C)c1ccc(Cl)c(S(=O)(=O)Cl)c1. The number of benzene rings is 1. The van der Waals surface area contributed by atoms with Crippen molar-refractivity contribution in [3.05, 3.63) is 28.8 Å². The lowest BCUT2D eigenvalue weighted by molar-refractivity contribution is 0.609. The Balaban J connectivity index is 3.37. The summed E-state index contributed by atoms with van der Waals surface area (Å²) in [5.41, 5.74) is 0.897. The van der Waals surface area contributed by atoms with Gasteiger partial charge < -0.3 is 0 Å². The first-order chi connectivity index (χ1) is 6.32. The van der Waals surface area contributed by atoms with Crippen LogP contribution in [0.1, 0.15) is 25.3 Å². The van der Waals surface area contributed by atoms with Gasteiger partial charge in [0.15, 0.2) is 0 Å². The zero-order valence-corrected chi connectivity index (χ0v) is 10.1. The molecule has 0 saturated heterocycles. The highest BCUT2D eigenvalue weighted by molar-refractivity contribution is 8.13. The highest BCUT2D eigenvalue weighted by Gasteiger charge is 2.15. The molecule has 5 heteroatoms. The predicted molar refractivity (Wildman–Crippen MR) is 58.6 cm³/mol. The summed E-state index contributed by atoms with van der Waals surface area (Å²) in [6.45, 7) is 3.93. The van der Waals surface area contributed by atoms with Gasteiger partial charge >= 0.3 is 0 Å². The molecule has 78 valence electrons. The maximum atomic E-state index is 11.1. The summed E-state index contributed by atoms with van der Waals surface area (Å²) in [7, 11) is 1.48. The second kappa shape index (κ2) is 4.09. The number of rotatable bonds is 2. The molecular formula is C9H10Cl2O2S. The van der Waals surface area contributed by atoms with Crippen LogP contribution in [0.3, 0.4) is 0 Å². The molecular weight excluding hydrogens is 243 g/mol. The van der Waals surface area contributed by atoms with E-state index < -0.39 is 9.05 Å². The van der Waals surface area contributed by atoms with E-state index in [1.165, 1.54) is 6.07 Å². The molecule has 14 heavy (non-hydrogen) atoms. The highest BCUT2D eigenvalue weighted by atomic mass is 35.7. The topological polar surface area (TPSA) is 34.1 Å². The van der Waals surface area contributed by atoms with Crippen molar-refractivity contribution in [3.8, 4) is 0 Å². The first-order valence-electron chi connectivity index (χ1n) is 4.06. The quantitative estimate of drug-likeness (QED) is 0.757. The molecule has 0 atom stereocenters. The van der Waals surface area contributed by atoms with Gasteiger partial charge in [-0.15, -0.1) is 0 Å². The fourth-order valence-corrected chi connectivity index (χ4v) is 2.57. The van der Waals surface area contributed by atoms with Gasteiger partial charge in [-0.05, 0) is 23.6 Å². The van der Waals surface area contributed by atoms with Gasteiger partial charge in [0, 0.05) is 10.7 Å². The van der Waals surface area contributed by atoms with E-state index in [2.05, 4.69) is 0 Å². The Kier molecular flexibility index (Phi) is 3.45. The van der Waals surface area contributed by atoms with Crippen LogP contribution in [-0.4, -0.2) is 8.42 Å². The zero-order valence-electron chi connectivity index (χ0n) is 7.79. The van der Waals surface area contributed by atoms with Crippen molar-refractivity contribution >= 4 is 31.3 Å². The molecule has 1 aromatic carbocycles. The summed E-state index contributed by atoms with van der Waals surface area (Å²) in [6, 6.07) is 4.85. The van der Waals surface area contributed by atoms with Gasteiger partial charge in [0.25, 0.3) is 9.05 Å². The molecule has 0 N–H and O–H groups in total. The van der Waals surface area contributed by atoms with Crippen molar-refractivity contribution in [1.82, 2.24) is 0 Å². The molecule has 0 aliphatic rings. The number of halogens is 2. The lowest BCUT2D eigenvalue weighted by atomic mass is 10.0. The Morgan fingerprint density at radius 1 is 1.29 bits per heavy atom. The normalized spacial score (nSPS) is 12.1.